The molecule has 0 amide bonds. The van der Waals surface area contributed by atoms with Crippen molar-refractivity contribution in [3.8, 4) is 0 Å². The third-order valence-electron chi connectivity index (χ3n) is 2.06. The molecular formula is C11H13NO2. The van der Waals surface area contributed by atoms with Gasteiger partial charge < -0.3 is 9.57 Å². The van der Waals surface area contributed by atoms with Crippen molar-refractivity contribution in [3.05, 3.63) is 35.9 Å². The van der Waals surface area contributed by atoms with E-state index in [0.29, 0.717) is 6.61 Å². The van der Waals surface area contributed by atoms with Gasteiger partial charge in [-0.25, -0.2) is 0 Å². The summed E-state index contributed by atoms with van der Waals surface area (Å²) in [6, 6.07) is 9.97. The summed E-state index contributed by atoms with van der Waals surface area (Å²) in [4.78, 5) is 5.14. The fourth-order valence-electron chi connectivity index (χ4n) is 1.11. The molecule has 74 valence electrons. The van der Waals surface area contributed by atoms with Gasteiger partial charge in [-0.15, -0.1) is 0 Å². The molecule has 0 spiro atoms. The second-order valence-corrected chi connectivity index (χ2v) is 3.29. The second kappa shape index (κ2) is 4.24. The van der Waals surface area contributed by atoms with E-state index in [2.05, 4.69) is 5.16 Å². The lowest BCUT2D eigenvalue weighted by atomic mass is 10.1. The Morgan fingerprint density at radius 1 is 1.50 bits per heavy atom. The summed E-state index contributed by atoms with van der Waals surface area (Å²) in [5, 5.41) is 4.01. The molecule has 1 aromatic rings. The van der Waals surface area contributed by atoms with E-state index in [1.807, 2.05) is 37.3 Å². The first-order valence-electron chi connectivity index (χ1n) is 4.70. The number of ether oxygens (including phenoxy) is 1. The van der Waals surface area contributed by atoms with Crippen LogP contribution in [-0.4, -0.2) is 25.0 Å². The molecule has 0 saturated carbocycles. The number of rotatable bonds is 4. The fraction of sp³-hybridized carbons (Fsp3) is 0.364. The maximum Gasteiger partial charge on any atom is 0.145 e. The smallest absolute Gasteiger partial charge is 0.145 e. The number of benzene rings is 1. The maximum absolute atomic E-state index is 5.14. The Bertz CT molecular complexity index is 317. The Morgan fingerprint density at radius 3 is 2.86 bits per heavy atom. The highest BCUT2D eigenvalue weighted by atomic mass is 16.7. The zero-order chi connectivity index (χ0) is 9.80. The molecule has 0 N–H and O–H groups in total. The zero-order valence-electron chi connectivity index (χ0n) is 8.14. The molecule has 1 atom stereocenters. The molecule has 1 aliphatic rings. The van der Waals surface area contributed by atoms with Crippen LogP contribution in [0.15, 0.2) is 35.5 Å². The van der Waals surface area contributed by atoms with Crippen molar-refractivity contribution < 1.29 is 9.57 Å². The standard InChI is InChI=1S/C11H13NO2/c1-9(10-5-3-2-4-6-10)12-14-8-11-7-13-11/h2-6,11H,7-8H2,1H3/b12-9+. The molecule has 1 aromatic carbocycles. The number of epoxide rings is 1. The Hall–Kier alpha value is -1.35. The Morgan fingerprint density at radius 2 is 2.21 bits per heavy atom. The molecule has 0 radical (unpaired) electrons. The van der Waals surface area contributed by atoms with Crippen LogP contribution in [0.5, 0.6) is 0 Å². The van der Waals surface area contributed by atoms with Gasteiger partial charge in [0.2, 0.25) is 0 Å². The lowest BCUT2D eigenvalue weighted by Crippen LogP contribution is -2.00. The fourth-order valence-corrected chi connectivity index (χ4v) is 1.11. The number of hydrogen-bond donors (Lipinski definition) is 0. The average molecular weight is 191 g/mol. The van der Waals surface area contributed by atoms with Crippen LogP contribution in [0, 0.1) is 0 Å². The minimum Gasteiger partial charge on any atom is -0.393 e. The molecule has 1 saturated heterocycles. The number of oxime groups is 1. The molecule has 3 nitrogen and oxygen atoms in total. The Balaban J connectivity index is 1.89. The highest BCUT2D eigenvalue weighted by Crippen LogP contribution is 2.09. The van der Waals surface area contributed by atoms with Crippen molar-refractivity contribution >= 4 is 5.71 Å². The van der Waals surface area contributed by atoms with Crippen molar-refractivity contribution in [2.45, 2.75) is 13.0 Å². The van der Waals surface area contributed by atoms with Crippen LogP contribution in [0.25, 0.3) is 0 Å². The van der Waals surface area contributed by atoms with Gasteiger partial charge in [-0.2, -0.15) is 0 Å². The predicted octanol–water partition coefficient (Wildman–Crippen LogP) is 1.83. The Labute approximate surface area is 83.3 Å². The molecule has 1 fully saturated rings. The highest BCUT2D eigenvalue weighted by Gasteiger charge is 2.23. The van der Waals surface area contributed by atoms with E-state index < -0.39 is 0 Å². The molecule has 14 heavy (non-hydrogen) atoms. The summed E-state index contributed by atoms with van der Waals surface area (Å²) in [7, 11) is 0. The van der Waals surface area contributed by atoms with Gasteiger partial charge in [0, 0.05) is 0 Å². The molecule has 1 aliphatic heterocycles. The lowest BCUT2D eigenvalue weighted by molar-refractivity contribution is 0.125. The first-order chi connectivity index (χ1) is 6.86. The van der Waals surface area contributed by atoms with Crippen molar-refractivity contribution in [2.24, 2.45) is 5.16 Å². The lowest BCUT2D eigenvalue weighted by Gasteiger charge is -2.00. The molecule has 1 heterocycles. The van der Waals surface area contributed by atoms with Gasteiger partial charge in [-0.1, -0.05) is 35.5 Å². The largest absolute Gasteiger partial charge is 0.393 e. The van der Waals surface area contributed by atoms with E-state index >= 15 is 0 Å². The van der Waals surface area contributed by atoms with Crippen LogP contribution in [0.4, 0.5) is 0 Å². The topological polar surface area (TPSA) is 34.1 Å². The normalized spacial score (nSPS) is 20.6. The summed E-state index contributed by atoms with van der Waals surface area (Å²) in [6.07, 6.45) is 0.266. The monoisotopic (exact) mass is 191 g/mol. The van der Waals surface area contributed by atoms with Crippen molar-refractivity contribution in [3.63, 3.8) is 0 Å². The van der Waals surface area contributed by atoms with Gasteiger partial charge in [0.05, 0.1) is 12.3 Å². The molecule has 2 rings (SSSR count). The molecule has 0 aromatic heterocycles. The van der Waals surface area contributed by atoms with E-state index in [4.69, 9.17) is 9.57 Å². The third-order valence-corrected chi connectivity index (χ3v) is 2.06. The average Bonchev–Trinajstić information content (AvgIpc) is 3.03. The molecular weight excluding hydrogens is 178 g/mol. The molecule has 0 bridgehead atoms. The van der Waals surface area contributed by atoms with Gasteiger partial charge in [0.1, 0.15) is 12.7 Å². The summed E-state index contributed by atoms with van der Waals surface area (Å²) >= 11 is 0. The van der Waals surface area contributed by atoms with Gasteiger partial charge in [-0.05, 0) is 12.5 Å². The van der Waals surface area contributed by atoms with Gasteiger partial charge in [0.25, 0.3) is 0 Å². The summed E-state index contributed by atoms with van der Waals surface area (Å²) in [6.45, 7) is 3.30. The zero-order valence-corrected chi connectivity index (χ0v) is 8.14. The van der Waals surface area contributed by atoms with Gasteiger partial charge >= 0.3 is 0 Å². The number of hydrogen-bond acceptors (Lipinski definition) is 3. The van der Waals surface area contributed by atoms with Crippen molar-refractivity contribution in [1.82, 2.24) is 0 Å². The summed E-state index contributed by atoms with van der Waals surface area (Å²) in [5.74, 6) is 0. The van der Waals surface area contributed by atoms with E-state index in [-0.39, 0.29) is 6.10 Å². The van der Waals surface area contributed by atoms with Crippen LogP contribution < -0.4 is 0 Å². The first-order valence-corrected chi connectivity index (χ1v) is 4.70. The van der Waals surface area contributed by atoms with Gasteiger partial charge in [0.15, 0.2) is 0 Å². The quantitative estimate of drug-likeness (QED) is 0.413. The Kier molecular flexibility index (Phi) is 2.79. The molecule has 0 aliphatic carbocycles. The maximum atomic E-state index is 5.14. The van der Waals surface area contributed by atoms with Crippen LogP contribution >= 0.6 is 0 Å². The van der Waals surface area contributed by atoms with Crippen molar-refractivity contribution in [1.29, 1.82) is 0 Å². The SMILES string of the molecule is C/C(=N\OCC1CO1)c1ccccc1. The molecule has 1 unspecified atom stereocenters. The van der Waals surface area contributed by atoms with E-state index in [1.54, 1.807) is 0 Å². The van der Waals surface area contributed by atoms with Crippen LogP contribution in [0.1, 0.15) is 12.5 Å². The minimum atomic E-state index is 0.266. The van der Waals surface area contributed by atoms with E-state index in [9.17, 15) is 0 Å². The highest BCUT2D eigenvalue weighted by molar-refractivity contribution is 5.98. The van der Waals surface area contributed by atoms with E-state index in [1.165, 1.54) is 0 Å². The van der Waals surface area contributed by atoms with E-state index in [0.717, 1.165) is 17.9 Å². The van der Waals surface area contributed by atoms with Crippen LogP contribution in [0.3, 0.4) is 0 Å². The van der Waals surface area contributed by atoms with Gasteiger partial charge in [-0.3, -0.25) is 0 Å². The minimum absolute atomic E-state index is 0.266. The van der Waals surface area contributed by atoms with Crippen molar-refractivity contribution in [2.75, 3.05) is 13.2 Å². The molecule has 3 heteroatoms. The van der Waals surface area contributed by atoms with Crippen LogP contribution in [-0.2, 0) is 9.57 Å². The third kappa shape index (κ3) is 2.57. The second-order valence-electron chi connectivity index (χ2n) is 3.29. The first kappa shape index (κ1) is 9.21. The van der Waals surface area contributed by atoms with Crippen LogP contribution in [0.2, 0.25) is 0 Å². The number of nitrogens with zero attached hydrogens (tertiary/aromatic N) is 1. The summed E-state index contributed by atoms with van der Waals surface area (Å²) in [5.41, 5.74) is 1.98. The summed E-state index contributed by atoms with van der Waals surface area (Å²) < 4.78 is 5.00. The predicted molar refractivity (Wildman–Crippen MR) is 54.3 cm³/mol.